The zero-order valence-electron chi connectivity index (χ0n) is 7.33. The molecule has 0 saturated heterocycles. The lowest BCUT2D eigenvalue weighted by molar-refractivity contribution is -0.146. The van der Waals surface area contributed by atoms with Gasteiger partial charge in [0.2, 0.25) is 5.79 Å². The Morgan fingerprint density at radius 1 is 1.00 bits per heavy atom. The van der Waals surface area contributed by atoms with Crippen molar-refractivity contribution < 1.29 is 9.47 Å². The molecule has 0 heterocycles. The Bertz CT molecular complexity index is 257. The van der Waals surface area contributed by atoms with Crippen LogP contribution >= 0.6 is 0 Å². The van der Waals surface area contributed by atoms with Gasteiger partial charge in [-0.2, -0.15) is 0 Å². The van der Waals surface area contributed by atoms with E-state index in [1.54, 1.807) is 14.2 Å². The summed E-state index contributed by atoms with van der Waals surface area (Å²) in [7, 11) is 3.31. The predicted octanol–water partition coefficient (Wildman–Crippen LogP) is 1.66. The summed E-state index contributed by atoms with van der Waals surface area (Å²) in [6, 6.07) is 8.00. The van der Waals surface area contributed by atoms with Crippen molar-refractivity contribution in [1.82, 2.24) is 6.15 Å². The van der Waals surface area contributed by atoms with Crippen LogP contribution in [0.25, 0.3) is 0 Å². The molecular formula is C9H13NO2. The summed E-state index contributed by atoms with van der Waals surface area (Å²) >= 11 is 0. The normalized spacial score (nSPS) is 16.2. The van der Waals surface area contributed by atoms with Crippen LogP contribution in [-0.2, 0) is 15.3 Å². The topological polar surface area (TPSA) is 53.5 Å². The molecule has 0 amide bonds. The average Bonchev–Trinajstić information content (AvgIpc) is 2.74. The number of benzene rings is 1. The second-order valence-corrected chi connectivity index (χ2v) is 2.57. The van der Waals surface area contributed by atoms with Crippen LogP contribution in [0.1, 0.15) is 11.1 Å². The van der Waals surface area contributed by atoms with Crippen molar-refractivity contribution in [3.05, 3.63) is 35.4 Å². The average molecular weight is 167 g/mol. The van der Waals surface area contributed by atoms with E-state index in [4.69, 9.17) is 9.47 Å². The molecule has 1 aromatic rings. The number of hydrogen-bond donors (Lipinski definition) is 1. The Labute approximate surface area is 71.9 Å². The number of methoxy groups -OCH3 is 2. The van der Waals surface area contributed by atoms with E-state index in [0.717, 1.165) is 11.1 Å². The summed E-state index contributed by atoms with van der Waals surface area (Å²) in [5.74, 6) is -0.510. The van der Waals surface area contributed by atoms with Gasteiger partial charge in [-0.25, -0.2) is 0 Å². The quantitative estimate of drug-likeness (QED) is 0.681. The monoisotopic (exact) mass is 167 g/mol. The van der Waals surface area contributed by atoms with Gasteiger partial charge in [0.1, 0.15) is 0 Å². The van der Waals surface area contributed by atoms with E-state index >= 15 is 0 Å². The lowest BCUT2D eigenvalue weighted by Crippen LogP contribution is -2.12. The molecule has 1 aromatic carbocycles. The zero-order valence-corrected chi connectivity index (χ0v) is 7.33. The molecule has 12 heavy (non-hydrogen) atoms. The summed E-state index contributed by atoms with van der Waals surface area (Å²) < 4.78 is 10.5. The van der Waals surface area contributed by atoms with Gasteiger partial charge in [0.15, 0.2) is 0 Å². The van der Waals surface area contributed by atoms with E-state index in [1.807, 2.05) is 24.3 Å². The van der Waals surface area contributed by atoms with Crippen molar-refractivity contribution in [3.63, 3.8) is 0 Å². The fraction of sp³-hybridized carbons (Fsp3) is 0.333. The molecule has 3 nitrogen and oxygen atoms in total. The van der Waals surface area contributed by atoms with E-state index in [-0.39, 0.29) is 6.15 Å². The Morgan fingerprint density at radius 2 is 1.42 bits per heavy atom. The first-order valence-corrected chi connectivity index (χ1v) is 3.55. The van der Waals surface area contributed by atoms with E-state index in [1.165, 1.54) is 0 Å². The van der Waals surface area contributed by atoms with Gasteiger partial charge in [-0.15, -0.1) is 0 Å². The highest BCUT2D eigenvalue weighted by Gasteiger charge is 2.51. The van der Waals surface area contributed by atoms with Crippen LogP contribution in [0, 0.1) is 0 Å². The zero-order chi connectivity index (χ0) is 7.90. The van der Waals surface area contributed by atoms with E-state index in [2.05, 4.69) is 0 Å². The Kier molecular flexibility index (Phi) is 2.19. The van der Waals surface area contributed by atoms with Crippen LogP contribution in [-0.4, -0.2) is 14.2 Å². The lowest BCUT2D eigenvalue weighted by Gasteiger charge is -2.10. The third kappa shape index (κ3) is 0.876. The molecule has 1 aliphatic rings. The third-order valence-corrected chi connectivity index (χ3v) is 2.15. The van der Waals surface area contributed by atoms with Crippen molar-refractivity contribution in [3.8, 4) is 0 Å². The van der Waals surface area contributed by atoms with Crippen LogP contribution < -0.4 is 6.15 Å². The standard InChI is InChI=1S/C9H10O2.H3N/c1-10-9(11-2)7-5-3-4-6-8(7)9;/h3-6H,1-2H3;1H3. The molecule has 0 unspecified atom stereocenters. The number of hydrogen-bond acceptors (Lipinski definition) is 3. The summed E-state index contributed by atoms with van der Waals surface area (Å²) in [4.78, 5) is 0. The Hall–Kier alpha value is -0.900. The first-order chi connectivity index (χ1) is 5.35. The molecule has 3 heteroatoms. The maximum atomic E-state index is 5.25. The molecule has 2 rings (SSSR count). The predicted molar refractivity (Wildman–Crippen MR) is 46.3 cm³/mol. The highest BCUT2D eigenvalue weighted by Crippen LogP contribution is 2.50. The largest absolute Gasteiger partial charge is 0.346 e. The van der Waals surface area contributed by atoms with Crippen LogP contribution in [0.5, 0.6) is 0 Å². The second-order valence-electron chi connectivity index (χ2n) is 2.57. The van der Waals surface area contributed by atoms with Crippen LogP contribution in [0.2, 0.25) is 0 Å². The van der Waals surface area contributed by atoms with Gasteiger partial charge in [-0.1, -0.05) is 24.3 Å². The molecule has 0 atom stereocenters. The molecule has 0 aliphatic heterocycles. The smallest absolute Gasteiger partial charge is 0.222 e. The molecule has 0 bridgehead atoms. The van der Waals surface area contributed by atoms with Crippen LogP contribution in [0.4, 0.5) is 0 Å². The van der Waals surface area contributed by atoms with Crippen molar-refractivity contribution in [2.45, 2.75) is 5.79 Å². The van der Waals surface area contributed by atoms with Gasteiger partial charge in [0, 0.05) is 25.3 Å². The van der Waals surface area contributed by atoms with Gasteiger partial charge in [0.25, 0.3) is 0 Å². The first-order valence-electron chi connectivity index (χ1n) is 3.55. The van der Waals surface area contributed by atoms with Crippen molar-refractivity contribution in [2.24, 2.45) is 0 Å². The van der Waals surface area contributed by atoms with Gasteiger partial charge in [-0.3, -0.25) is 0 Å². The summed E-state index contributed by atoms with van der Waals surface area (Å²) in [6.07, 6.45) is 0. The van der Waals surface area contributed by atoms with Gasteiger partial charge < -0.3 is 15.6 Å². The summed E-state index contributed by atoms with van der Waals surface area (Å²) in [5, 5.41) is 0. The second kappa shape index (κ2) is 2.86. The van der Waals surface area contributed by atoms with Crippen LogP contribution in [0.3, 0.4) is 0 Å². The fourth-order valence-electron chi connectivity index (χ4n) is 1.51. The van der Waals surface area contributed by atoms with Crippen molar-refractivity contribution >= 4 is 0 Å². The number of fused-ring (bicyclic) bond motifs is 1. The molecule has 0 radical (unpaired) electrons. The SMILES string of the molecule is COC1(OC)c2ccccc21.N. The molecule has 0 saturated carbocycles. The summed E-state index contributed by atoms with van der Waals surface area (Å²) in [6.45, 7) is 0. The minimum absolute atomic E-state index is 0. The molecule has 66 valence electrons. The molecule has 0 aromatic heterocycles. The molecular weight excluding hydrogens is 154 g/mol. The Morgan fingerprint density at radius 3 is 1.75 bits per heavy atom. The maximum absolute atomic E-state index is 5.25. The van der Waals surface area contributed by atoms with E-state index in [0.29, 0.717) is 0 Å². The Balaban J connectivity index is 0.000000720. The highest BCUT2D eigenvalue weighted by molar-refractivity contribution is 5.53. The minimum atomic E-state index is -0.510. The fourth-order valence-corrected chi connectivity index (χ4v) is 1.51. The van der Waals surface area contributed by atoms with Crippen molar-refractivity contribution in [1.29, 1.82) is 0 Å². The first kappa shape index (κ1) is 9.19. The summed E-state index contributed by atoms with van der Waals surface area (Å²) in [5.41, 5.74) is 2.29. The van der Waals surface area contributed by atoms with Crippen LogP contribution in [0.15, 0.2) is 24.3 Å². The maximum Gasteiger partial charge on any atom is 0.222 e. The third-order valence-electron chi connectivity index (χ3n) is 2.15. The molecule has 0 spiro atoms. The van der Waals surface area contributed by atoms with Gasteiger partial charge in [0.05, 0.1) is 0 Å². The van der Waals surface area contributed by atoms with E-state index in [9.17, 15) is 0 Å². The molecule has 0 fully saturated rings. The van der Waals surface area contributed by atoms with Gasteiger partial charge >= 0.3 is 0 Å². The van der Waals surface area contributed by atoms with Gasteiger partial charge in [-0.05, 0) is 0 Å². The lowest BCUT2D eigenvalue weighted by atomic mass is 10.4. The highest BCUT2D eigenvalue weighted by atomic mass is 16.7. The molecule has 1 aliphatic carbocycles. The number of rotatable bonds is 2. The van der Waals surface area contributed by atoms with E-state index < -0.39 is 5.79 Å². The van der Waals surface area contributed by atoms with Crippen molar-refractivity contribution in [2.75, 3.05) is 14.2 Å². The molecule has 3 N–H and O–H groups in total. The minimum Gasteiger partial charge on any atom is -0.346 e. The number of ether oxygens (including phenoxy) is 2.